The summed E-state index contributed by atoms with van der Waals surface area (Å²) in [5.41, 5.74) is 0. The largest absolute Gasteiger partial charge is 0.353 e. The van der Waals surface area contributed by atoms with Crippen molar-refractivity contribution in [3.8, 4) is 0 Å². The number of nitrogens with one attached hydrogen (secondary N) is 1. The number of imidazole rings is 1. The van der Waals surface area contributed by atoms with E-state index in [1.54, 1.807) is 0 Å². The number of nitrogens with zero attached hydrogens (tertiary/aromatic N) is 2. The molecule has 1 saturated carbocycles. The minimum Gasteiger partial charge on any atom is -0.353 e. The summed E-state index contributed by atoms with van der Waals surface area (Å²) in [7, 11) is 0. The topological polar surface area (TPSA) is 29.9 Å². The van der Waals surface area contributed by atoms with Crippen molar-refractivity contribution in [2.45, 2.75) is 70.9 Å². The standard InChI is InChI=1S/C14H25N3/c1-12(2)17-11-10-15-14(17)16-13-8-6-4-3-5-7-9-13/h10-13H,3-9H2,1-2H3,(H,15,16). The summed E-state index contributed by atoms with van der Waals surface area (Å²) < 4.78 is 2.22. The predicted octanol–water partition coefficient (Wildman–Crippen LogP) is 3.99. The molecule has 0 amide bonds. The zero-order valence-corrected chi connectivity index (χ0v) is 11.2. The Hall–Kier alpha value is -0.990. The number of anilines is 1. The fourth-order valence-electron chi connectivity index (χ4n) is 2.62. The van der Waals surface area contributed by atoms with E-state index in [-0.39, 0.29) is 0 Å². The van der Waals surface area contributed by atoms with Gasteiger partial charge < -0.3 is 9.88 Å². The van der Waals surface area contributed by atoms with Crippen molar-refractivity contribution in [2.75, 3.05) is 5.32 Å². The molecule has 0 atom stereocenters. The fourth-order valence-corrected chi connectivity index (χ4v) is 2.62. The zero-order chi connectivity index (χ0) is 12.1. The van der Waals surface area contributed by atoms with Crippen LogP contribution in [0.1, 0.15) is 64.8 Å². The van der Waals surface area contributed by atoms with Gasteiger partial charge in [-0.2, -0.15) is 0 Å². The lowest BCUT2D eigenvalue weighted by Gasteiger charge is -2.23. The Bertz CT molecular complexity index is 322. The summed E-state index contributed by atoms with van der Waals surface area (Å²) in [4.78, 5) is 4.44. The van der Waals surface area contributed by atoms with Crippen LogP contribution >= 0.6 is 0 Å². The molecule has 1 heterocycles. The number of hydrogen-bond acceptors (Lipinski definition) is 2. The lowest BCUT2D eigenvalue weighted by Crippen LogP contribution is -2.23. The Labute approximate surface area is 105 Å². The van der Waals surface area contributed by atoms with Crippen LogP contribution in [0, 0.1) is 0 Å². The Kier molecular flexibility index (Phi) is 4.46. The van der Waals surface area contributed by atoms with Crippen molar-refractivity contribution in [2.24, 2.45) is 0 Å². The molecule has 0 bridgehead atoms. The van der Waals surface area contributed by atoms with E-state index < -0.39 is 0 Å². The summed E-state index contributed by atoms with van der Waals surface area (Å²) in [6.45, 7) is 4.40. The zero-order valence-electron chi connectivity index (χ0n) is 11.2. The van der Waals surface area contributed by atoms with E-state index in [1.165, 1.54) is 44.9 Å². The Morgan fingerprint density at radius 3 is 2.47 bits per heavy atom. The predicted molar refractivity (Wildman–Crippen MR) is 72.3 cm³/mol. The molecule has 3 nitrogen and oxygen atoms in total. The van der Waals surface area contributed by atoms with E-state index >= 15 is 0 Å². The van der Waals surface area contributed by atoms with Gasteiger partial charge in [-0.25, -0.2) is 4.98 Å². The molecule has 1 aromatic heterocycles. The molecule has 0 aliphatic heterocycles. The van der Waals surface area contributed by atoms with E-state index in [4.69, 9.17) is 0 Å². The maximum absolute atomic E-state index is 4.44. The third-order valence-electron chi connectivity index (χ3n) is 3.66. The molecule has 0 saturated heterocycles. The number of aromatic nitrogens is 2. The van der Waals surface area contributed by atoms with Crippen LogP contribution in [-0.4, -0.2) is 15.6 Å². The van der Waals surface area contributed by atoms with Gasteiger partial charge in [-0.3, -0.25) is 0 Å². The van der Waals surface area contributed by atoms with Crippen LogP contribution in [0.5, 0.6) is 0 Å². The third kappa shape index (κ3) is 3.48. The molecule has 1 fully saturated rings. The first-order valence-electron chi connectivity index (χ1n) is 7.07. The quantitative estimate of drug-likeness (QED) is 0.858. The molecule has 1 aromatic rings. The highest BCUT2D eigenvalue weighted by Gasteiger charge is 2.14. The van der Waals surface area contributed by atoms with E-state index in [0.29, 0.717) is 12.1 Å². The number of rotatable bonds is 3. The summed E-state index contributed by atoms with van der Waals surface area (Å²) >= 11 is 0. The Morgan fingerprint density at radius 1 is 1.18 bits per heavy atom. The highest BCUT2D eigenvalue weighted by Crippen LogP contribution is 2.21. The molecule has 3 heteroatoms. The van der Waals surface area contributed by atoms with Crippen LogP contribution in [0.2, 0.25) is 0 Å². The van der Waals surface area contributed by atoms with Gasteiger partial charge in [-0.05, 0) is 26.7 Å². The first-order valence-corrected chi connectivity index (χ1v) is 7.07. The molecular formula is C14H25N3. The molecule has 96 valence electrons. The second-order valence-corrected chi connectivity index (χ2v) is 5.44. The van der Waals surface area contributed by atoms with Crippen molar-refractivity contribution in [1.82, 2.24) is 9.55 Å². The molecule has 1 aliphatic rings. The average Bonchev–Trinajstić information content (AvgIpc) is 2.70. The average molecular weight is 235 g/mol. The second-order valence-electron chi connectivity index (χ2n) is 5.44. The molecule has 1 aliphatic carbocycles. The highest BCUT2D eigenvalue weighted by molar-refractivity contribution is 5.28. The molecule has 0 unspecified atom stereocenters. The fraction of sp³-hybridized carbons (Fsp3) is 0.786. The van der Waals surface area contributed by atoms with Crippen molar-refractivity contribution >= 4 is 5.95 Å². The molecule has 0 aromatic carbocycles. The maximum Gasteiger partial charge on any atom is 0.203 e. The van der Waals surface area contributed by atoms with Gasteiger partial charge in [0.2, 0.25) is 5.95 Å². The summed E-state index contributed by atoms with van der Waals surface area (Å²) in [6, 6.07) is 1.10. The van der Waals surface area contributed by atoms with E-state index in [2.05, 4.69) is 34.9 Å². The van der Waals surface area contributed by atoms with E-state index in [1.807, 2.05) is 6.20 Å². The lowest BCUT2D eigenvalue weighted by molar-refractivity contribution is 0.466. The van der Waals surface area contributed by atoms with Crippen molar-refractivity contribution < 1.29 is 0 Å². The van der Waals surface area contributed by atoms with Crippen molar-refractivity contribution in [3.63, 3.8) is 0 Å². The monoisotopic (exact) mass is 235 g/mol. The van der Waals surface area contributed by atoms with Gasteiger partial charge in [0, 0.05) is 24.5 Å². The molecule has 1 N–H and O–H groups in total. The second kappa shape index (κ2) is 6.08. The van der Waals surface area contributed by atoms with E-state index in [9.17, 15) is 0 Å². The highest BCUT2D eigenvalue weighted by atomic mass is 15.2. The van der Waals surface area contributed by atoms with Gasteiger partial charge in [0.1, 0.15) is 0 Å². The smallest absolute Gasteiger partial charge is 0.203 e. The number of hydrogen-bond donors (Lipinski definition) is 1. The van der Waals surface area contributed by atoms with Gasteiger partial charge in [-0.1, -0.05) is 32.1 Å². The van der Waals surface area contributed by atoms with Crippen LogP contribution in [0.4, 0.5) is 5.95 Å². The van der Waals surface area contributed by atoms with Gasteiger partial charge in [0.25, 0.3) is 0 Å². The van der Waals surface area contributed by atoms with Gasteiger partial charge in [0.05, 0.1) is 0 Å². The van der Waals surface area contributed by atoms with Crippen LogP contribution in [0.25, 0.3) is 0 Å². The molecule has 0 radical (unpaired) electrons. The molecule has 0 spiro atoms. The molecule has 17 heavy (non-hydrogen) atoms. The van der Waals surface area contributed by atoms with Crippen LogP contribution in [0.15, 0.2) is 12.4 Å². The first kappa shape index (κ1) is 12.5. The van der Waals surface area contributed by atoms with Crippen molar-refractivity contribution in [3.05, 3.63) is 12.4 Å². The summed E-state index contributed by atoms with van der Waals surface area (Å²) in [5, 5.41) is 3.63. The van der Waals surface area contributed by atoms with Crippen LogP contribution in [0.3, 0.4) is 0 Å². The normalized spacial score (nSPS) is 19.0. The van der Waals surface area contributed by atoms with E-state index in [0.717, 1.165) is 5.95 Å². The van der Waals surface area contributed by atoms with Crippen molar-refractivity contribution in [1.29, 1.82) is 0 Å². The van der Waals surface area contributed by atoms with Crippen LogP contribution in [-0.2, 0) is 0 Å². The first-order chi connectivity index (χ1) is 8.27. The van der Waals surface area contributed by atoms with Crippen LogP contribution < -0.4 is 5.32 Å². The molecule has 2 rings (SSSR count). The minimum atomic E-state index is 0.480. The van der Waals surface area contributed by atoms with Gasteiger partial charge in [-0.15, -0.1) is 0 Å². The van der Waals surface area contributed by atoms with Gasteiger partial charge in [0.15, 0.2) is 0 Å². The Balaban J connectivity index is 1.95. The van der Waals surface area contributed by atoms with Gasteiger partial charge >= 0.3 is 0 Å². The summed E-state index contributed by atoms with van der Waals surface area (Å²) in [5.74, 6) is 1.05. The summed E-state index contributed by atoms with van der Waals surface area (Å²) in [6.07, 6.45) is 13.5. The third-order valence-corrected chi connectivity index (χ3v) is 3.66. The lowest BCUT2D eigenvalue weighted by atomic mass is 9.97. The molecular weight excluding hydrogens is 210 g/mol. The minimum absolute atomic E-state index is 0.480. The Morgan fingerprint density at radius 2 is 1.82 bits per heavy atom. The SMILES string of the molecule is CC(C)n1ccnc1NC1CCCCCCC1. The maximum atomic E-state index is 4.44.